The van der Waals surface area contributed by atoms with E-state index in [0.717, 1.165) is 56.8 Å². The first-order valence-electron chi connectivity index (χ1n) is 9.39. The molecule has 2 aliphatic heterocycles. The van der Waals surface area contributed by atoms with Crippen LogP contribution in [0.5, 0.6) is 5.75 Å². The van der Waals surface area contributed by atoms with Crippen LogP contribution >= 0.6 is 0 Å². The van der Waals surface area contributed by atoms with E-state index in [0.29, 0.717) is 13.0 Å². The van der Waals surface area contributed by atoms with Crippen molar-refractivity contribution in [2.45, 2.75) is 37.7 Å². The van der Waals surface area contributed by atoms with Crippen LogP contribution in [0, 0.1) is 0 Å². The lowest BCUT2D eigenvalue weighted by atomic mass is 9.83. The number of nitrogens with one attached hydrogen (secondary N) is 1. The minimum Gasteiger partial charge on any atom is -0.494 e. The number of amides is 1. The quantitative estimate of drug-likeness (QED) is 0.838. The molecule has 1 N–H and O–H groups in total. The summed E-state index contributed by atoms with van der Waals surface area (Å²) in [5.41, 5.74) is 2.10. The van der Waals surface area contributed by atoms with Crippen LogP contribution in [-0.2, 0) is 21.6 Å². The van der Waals surface area contributed by atoms with E-state index >= 15 is 0 Å². The largest absolute Gasteiger partial charge is 0.494 e. The molecule has 2 aliphatic rings. The Hall–Kier alpha value is -2.34. The first-order chi connectivity index (χ1) is 12.8. The van der Waals surface area contributed by atoms with E-state index in [9.17, 15) is 4.79 Å². The highest BCUT2D eigenvalue weighted by Gasteiger charge is 2.42. The van der Waals surface area contributed by atoms with E-state index in [4.69, 9.17) is 9.47 Å². The van der Waals surface area contributed by atoms with Crippen molar-refractivity contribution in [3.63, 3.8) is 0 Å². The minimum absolute atomic E-state index is 0.206. The van der Waals surface area contributed by atoms with E-state index in [1.165, 1.54) is 5.56 Å². The number of nitrogens with zero attached hydrogens (tertiary/aromatic N) is 2. The second kappa shape index (κ2) is 7.50. The fraction of sp³-hybridized carbons (Fsp3) is 0.500. The lowest BCUT2D eigenvalue weighted by molar-refractivity contribution is -0.141. The van der Waals surface area contributed by atoms with Crippen molar-refractivity contribution in [2.24, 2.45) is 0 Å². The number of para-hydroxylation sites is 1. The van der Waals surface area contributed by atoms with Gasteiger partial charge in [-0.25, -0.2) is 0 Å². The molecule has 6 nitrogen and oxygen atoms in total. The molecule has 1 fully saturated rings. The van der Waals surface area contributed by atoms with Gasteiger partial charge in [0.15, 0.2) is 0 Å². The number of carbonyl (C=O) groups is 1. The molecule has 26 heavy (non-hydrogen) atoms. The molecule has 0 unspecified atom stereocenters. The number of rotatable bonds is 5. The Kier molecular flexibility index (Phi) is 4.93. The zero-order chi connectivity index (χ0) is 17.8. The average Bonchev–Trinajstić information content (AvgIpc) is 3.17. The van der Waals surface area contributed by atoms with Crippen molar-refractivity contribution in [3.8, 4) is 5.75 Å². The summed E-state index contributed by atoms with van der Waals surface area (Å²) in [7, 11) is 0. The highest BCUT2D eigenvalue weighted by atomic mass is 16.5. The molecule has 0 bridgehead atoms. The van der Waals surface area contributed by atoms with Gasteiger partial charge in [0.1, 0.15) is 11.4 Å². The van der Waals surface area contributed by atoms with Gasteiger partial charge in [0.05, 0.1) is 25.1 Å². The highest BCUT2D eigenvalue weighted by molar-refractivity contribution is 5.76. The monoisotopic (exact) mass is 355 g/mol. The molecule has 1 amide bonds. The number of H-pyrrole nitrogens is 1. The number of likely N-dealkylation sites (tertiary alicyclic amines) is 1. The Morgan fingerprint density at radius 1 is 1.27 bits per heavy atom. The normalized spacial score (nSPS) is 18.5. The Balaban J connectivity index is 1.24. The molecule has 0 radical (unpaired) electrons. The SMILES string of the molecule is O=C(CCCOc1ccccc1)N1CCC2(CC1)OCCc1cn[nH]c12. The highest BCUT2D eigenvalue weighted by Crippen LogP contribution is 2.40. The first-order valence-corrected chi connectivity index (χ1v) is 9.39. The fourth-order valence-corrected chi connectivity index (χ4v) is 3.92. The van der Waals surface area contributed by atoms with E-state index < -0.39 is 0 Å². The Morgan fingerprint density at radius 3 is 2.88 bits per heavy atom. The van der Waals surface area contributed by atoms with Gasteiger partial charge in [-0.05, 0) is 43.4 Å². The third-order valence-corrected chi connectivity index (χ3v) is 5.39. The lowest BCUT2D eigenvalue weighted by Gasteiger charge is -2.43. The van der Waals surface area contributed by atoms with Gasteiger partial charge in [0.2, 0.25) is 5.91 Å². The summed E-state index contributed by atoms with van der Waals surface area (Å²) in [6, 6.07) is 9.71. The number of carbonyl (C=O) groups excluding carboxylic acids is 1. The van der Waals surface area contributed by atoms with Gasteiger partial charge >= 0.3 is 0 Å². The van der Waals surface area contributed by atoms with Gasteiger partial charge in [0.25, 0.3) is 0 Å². The molecule has 1 aromatic carbocycles. The molecule has 0 aliphatic carbocycles. The third kappa shape index (κ3) is 3.46. The van der Waals surface area contributed by atoms with Crippen LogP contribution in [0.3, 0.4) is 0 Å². The second-order valence-corrected chi connectivity index (χ2v) is 7.01. The fourth-order valence-electron chi connectivity index (χ4n) is 3.92. The maximum Gasteiger partial charge on any atom is 0.222 e. The lowest BCUT2D eigenvalue weighted by Crippen LogP contribution is -2.48. The summed E-state index contributed by atoms with van der Waals surface area (Å²) in [4.78, 5) is 14.4. The van der Waals surface area contributed by atoms with Gasteiger partial charge in [-0.3, -0.25) is 9.89 Å². The van der Waals surface area contributed by atoms with Crippen LogP contribution in [0.15, 0.2) is 36.5 Å². The molecule has 1 aromatic heterocycles. The molecule has 2 aromatic rings. The van der Waals surface area contributed by atoms with Crippen LogP contribution in [0.25, 0.3) is 0 Å². The molecular formula is C20H25N3O3. The average molecular weight is 355 g/mol. The summed E-state index contributed by atoms with van der Waals surface area (Å²) in [5.74, 6) is 1.06. The van der Waals surface area contributed by atoms with Crippen LogP contribution in [0.1, 0.15) is 36.9 Å². The number of aromatic nitrogens is 2. The number of hydrogen-bond acceptors (Lipinski definition) is 4. The molecular weight excluding hydrogens is 330 g/mol. The molecule has 0 atom stereocenters. The van der Waals surface area contributed by atoms with Crippen LogP contribution in [0.4, 0.5) is 0 Å². The predicted octanol–water partition coefficient (Wildman–Crippen LogP) is 2.66. The van der Waals surface area contributed by atoms with Crippen LogP contribution in [0.2, 0.25) is 0 Å². The van der Waals surface area contributed by atoms with Crippen molar-refractivity contribution in [1.82, 2.24) is 15.1 Å². The molecule has 138 valence electrons. The van der Waals surface area contributed by atoms with E-state index in [-0.39, 0.29) is 11.5 Å². The van der Waals surface area contributed by atoms with Crippen molar-refractivity contribution >= 4 is 5.91 Å². The minimum atomic E-state index is -0.280. The topological polar surface area (TPSA) is 67.4 Å². The van der Waals surface area contributed by atoms with Crippen molar-refractivity contribution < 1.29 is 14.3 Å². The summed E-state index contributed by atoms with van der Waals surface area (Å²) in [6.45, 7) is 2.76. The van der Waals surface area contributed by atoms with Crippen LogP contribution in [-0.4, -0.2) is 47.3 Å². The molecule has 6 heteroatoms. The summed E-state index contributed by atoms with van der Waals surface area (Å²) in [6.07, 6.45) is 5.73. The zero-order valence-electron chi connectivity index (χ0n) is 14.9. The standard InChI is InChI=1S/C20H25N3O3/c24-18(7-4-13-25-17-5-2-1-3-6-17)23-11-9-20(10-12-23)19-16(8-14-26-20)15-21-22-19/h1-3,5-6,15H,4,7-14H2,(H,21,22). The number of fused-ring (bicyclic) bond motifs is 2. The number of benzene rings is 1. The van der Waals surface area contributed by atoms with E-state index in [1.807, 2.05) is 41.4 Å². The maximum atomic E-state index is 12.5. The van der Waals surface area contributed by atoms with Gasteiger partial charge in [0, 0.05) is 19.5 Å². The molecule has 4 rings (SSSR count). The number of aromatic amines is 1. The first kappa shape index (κ1) is 17.1. The molecule has 0 saturated carbocycles. The molecule has 1 saturated heterocycles. The van der Waals surface area contributed by atoms with E-state index in [2.05, 4.69) is 10.2 Å². The summed E-state index contributed by atoms with van der Waals surface area (Å²) < 4.78 is 11.8. The predicted molar refractivity (Wildman–Crippen MR) is 96.9 cm³/mol. The van der Waals surface area contributed by atoms with E-state index in [1.54, 1.807) is 0 Å². The number of piperidine rings is 1. The Morgan fingerprint density at radius 2 is 2.08 bits per heavy atom. The second-order valence-electron chi connectivity index (χ2n) is 7.01. The van der Waals surface area contributed by atoms with Crippen molar-refractivity contribution in [1.29, 1.82) is 0 Å². The Labute approximate surface area is 153 Å². The molecule has 1 spiro atoms. The number of ether oxygens (including phenoxy) is 2. The van der Waals surface area contributed by atoms with Gasteiger partial charge in [-0.2, -0.15) is 5.10 Å². The van der Waals surface area contributed by atoms with Gasteiger partial charge in [-0.15, -0.1) is 0 Å². The van der Waals surface area contributed by atoms with Gasteiger partial charge in [-0.1, -0.05) is 18.2 Å². The number of hydrogen-bond donors (Lipinski definition) is 1. The molecule has 3 heterocycles. The smallest absolute Gasteiger partial charge is 0.222 e. The van der Waals surface area contributed by atoms with Crippen LogP contribution < -0.4 is 4.74 Å². The maximum absolute atomic E-state index is 12.5. The zero-order valence-corrected chi connectivity index (χ0v) is 14.9. The summed E-state index contributed by atoms with van der Waals surface area (Å²) >= 11 is 0. The third-order valence-electron chi connectivity index (χ3n) is 5.39. The van der Waals surface area contributed by atoms with Crippen molar-refractivity contribution in [2.75, 3.05) is 26.3 Å². The van der Waals surface area contributed by atoms with Crippen molar-refractivity contribution in [3.05, 3.63) is 47.8 Å². The van der Waals surface area contributed by atoms with Gasteiger partial charge < -0.3 is 14.4 Å². The summed E-state index contributed by atoms with van der Waals surface area (Å²) in [5, 5.41) is 7.31. The Bertz CT molecular complexity index is 736.